The van der Waals surface area contributed by atoms with Gasteiger partial charge in [0.05, 0.1) is 5.56 Å². The number of halogens is 1. The van der Waals surface area contributed by atoms with Gasteiger partial charge in [-0.2, -0.15) is 0 Å². The van der Waals surface area contributed by atoms with Crippen LogP contribution in [0.1, 0.15) is 5.82 Å². The van der Waals surface area contributed by atoms with Crippen LogP contribution in [0.2, 0.25) is 0 Å². The van der Waals surface area contributed by atoms with E-state index in [0.29, 0.717) is 29.9 Å². The molecule has 1 aromatic carbocycles. The van der Waals surface area contributed by atoms with Gasteiger partial charge in [0, 0.05) is 12.6 Å². The van der Waals surface area contributed by atoms with Crippen molar-refractivity contribution in [3.63, 3.8) is 0 Å². The summed E-state index contributed by atoms with van der Waals surface area (Å²) < 4.78 is 13.0. The number of benzene rings is 1. The number of H-pyrrole nitrogens is 1. The molecule has 0 aliphatic carbocycles. The molecule has 0 bridgehead atoms. The maximum absolute atomic E-state index is 13.0. The van der Waals surface area contributed by atoms with Crippen molar-refractivity contribution in [1.29, 1.82) is 0 Å². The number of rotatable bonds is 3. The van der Waals surface area contributed by atoms with Gasteiger partial charge in [0.25, 0.3) is 5.56 Å². The third-order valence-corrected chi connectivity index (χ3v) is 2.37. The maximum Gasteiger partial charge on any atom is 0.258 e. The molecule has 0 spiro atoms. The predicted octanol–water partition coefficient (Wildman–Crippen LogP) is 1.08. The van der Waals surface area contributed by atoms with Crippen LogP contribution >= 0.6 is 0 Å². The lowest BCUT2D eigenvalue weighted by atomic mass is 10.1. The molecule has 0 unspecified atom stereocenters. The van der Waals surface area contributed by atoms with E-state index in [0.717, 1.165) is 0 Å². The van der Waals surface area contributed by atoms with Crippen LogP contribution in [0.3, 0.4) is 0 Å². The average Bonchev–Trinajstić information content (AvgIpc) is 2.29. The number of nitrogens with zero attached hydrogens (tertiary/aromatic N) is 1. The minimum Gasteiger partial charge on any atom is -0.330 e. The second kappa shape index (κ2) is 4.88. The van der Waals surface area contributed by atoms with Crippen molar-refractivity contribution < 1.29 is 4.39 Å². The molecular weight excluding hydrogens is 221 g/mol. The second-order valence-corrected chi connectivity index (χ2v) is 3.62. The molecule has 0 saturated heterocycles. The maximum atomic E-state index is 13.0. The van der Waals surface area contributed by atoms with Gasteiger partial charge in [0.15, 0.2) is 0 Å². The van der Waals surface area contributed by atoms with Crippen molar-refractivity contribution in [1.82, 2.24) is 9.97 Å². The standard InChI is InChI=1S/C12H12FN3O/c13-9-3-1-2-8(6-9)10-7-15-11(4-5-14)16-12(10)17/h1-3,6-7H,4-5,14H2,(H,15,16,17). The molecule has 5 heteroatoms. The van der Waals surface area contributed by atoms with Crippen LogP contribution in [0.4, 0.5) is 4.39 Å². The Balaban J connectivity index is 2.43. The first-order chi connectivity index (χ1) is 8.20. The van der Waals surface area contributed by atoms with Crippen LogP contribution in [0, 0.1) is 5.82 Å². The Morgan fingerprint density at radius 3 is 2.88 bits per heavy atom. The normalized spacial score (nSPS) is 10.5. The molecule has 0 saturated carbocycles. The summed E-state index contributed by atoms with van der Waals surface area (Å²) in [5.74, 6) is 0.158. The average molecular weight is 233 g/mol. The highest BCUT2D eigenvalue weighted by Crippen LogP contribution is 2.14. The van der Waals surface area contributed by atoms with Crippen molar-refractivity contribution in [3.05, 3.63) is 52.5 Å². The minimum atomic E-state index is -0.382. The van der Waals surface area contributed by atoms with Crippen molar-refractivity contribution in [3.8, 4) is 11.1 Å². The van der Waals surface area contributed by atoms with E-state index >= 15 is 0 Å². The molecule has 88 valence electrons. The Bertz CT molecular complexity index is 580. The summed E-state index contributed by atoms with van der Waals surface area (Å²) in [7, 11) is 0. The molecule has 0 aliphatic rings. The highest BCUT2D eigenvalue weighted by atomic mass is 19.1. The summed E-state index contributed by atoms with van der Waals surface area (Å²) in [6.45, 7) is 0.419. The molecule has 3 N–H and O–H groups in total. The monoisotopic (exact) mass is 233 g/mol. The summed E-state index contributed by atoms with van der Waals surface area (Å²) in [5.41, 5.74) is 5.95. The first-order valence-corrected chi connectivity index (χ1v) is 5.25. The van der Waals surface area contributed by atoms with E-state index in [4.69, 9.17) is 5.73 Å². The van der Waals surface area contributed by atoms with Crippen molar-refractivity contribution >= 4 is 0 Å². The van der Waals surface area contributed by atoms with Gasteiger partial charge in [-0.05, 0) is 24.2 Å². The number of aromatic amines is 1. The molecule has 0 radical (unpaired) electrons. The van der Waals surface area contributed by atoms with Crippen LogP contribution < -0.4 is 11.3 Å². The van der Waals surface area contributed by atoms with Gasteiger partial charge in [-0.3, -0.25) is 4.79 Å². The lowest BCUT2D eigenvalue weighted by Gasteiger charge is -2.02. The van der Waals surface area contributed by atoms with Crippen LogP contribution in [0.15, 0.2) is 35.3 Å². The highest BCUT2D eigenvalue weighted by Gasteiger charge is 2.05. The molecule has 2 rings (SSSR count). The van der Waals surface area contributed by atoms with E-state index < -0.39 is 0 Å². The van der Waals surface area contributed by atoms with Crippen molar-refractivity contribution in [2.75, 3.05) is 6.54 Å². The second-order valence-electron chi connectivity index (χ2n) is 3.62. The Kier molecular flexibility index (Phi) is 3.30. The van der Waals surface area contributed by atoms with Gasteiger partial charge in [-0.25, -0.2) is 9.37 Å². The van der Waals surface area contributed by atoms with Gasteiger partial charge in [-0.1, -0.05) is 12.1 Å². The summed E-state index contributed by atoms with van der Waals surface area (Å²) in [4.78, 5) is 18.5. The predicted molar refractivity (Wildman–Crippen MR) is 63.0 cm³/mol. The van der Waals surface area contributed by atoms with E-state index in [2.05, 4.69) is 9.97 Å². The van der Waals surface area contributed by atoms with Gasteiger partial charge in [0.2, 0.25) is 0 Å². The van der Waals surface area contributed by atoms with Crippen molar-refractivity contribution in [2.24, 2.45) is 5.73 Å². The zero-order chi connectivity index (χ0) is 12.3. The zero-order valence-electron chi connectivity index (χ0n) is 9.11. The first kappa shape index (κ1) is 11.5. The molecule has 0 aliphatic heterocycles. The van der Waals surface area contributed by atoms with Crippen LogP contribution in [-0.2, 0) is 6.42 Å². The van der Waals surface area contributed by atoms with E-state index in [9.17, 15) is 9.18 Å². The SMILES string of the molecule is NCCc1ncc(-c2cccc(F)c2)c(=O)[nH]1. The molecule has 0 fully saturated rings. The quantitative estimate of drug-likeness (QED) is 0.833. The molecule has 2 aromatic rings. The highest BCUT2D eigenvalue weighted by molar-refractivity contribution is 5.61. The topological polar surface area (TPSA) is 71.8 Å². The third-order valence-electron chi connectivity index (χ3n) is 2.37. The van der Waals surface area contributed by atoms with Crippen LogP contribution in [-0.4, -0.2) is 16.5 Å². The van der Waals surface area contributed by atoms with Crippen LogP contribution in [0.25, 0.3) is 11.1 Å². The minimum absolute atomic E-state index is 0.283. The summed E-state index contributed by atoms with van der Waals surface area (Å²) in [6, 6.07) is 5.85. The largest absolute Gasteiger partial charge is 0.330 e. The van der Waals surface area contributed by atoms with Gasteiger partial charge in [-0.15, -0.1) is 0 Å². The van der Waals surface area contributed by atoms with Crippen molar-refractivity contribution in [2.45, 2.75) is 6.42 Å². The number of hydrogen-bond acceptors (Lipinski definition) is 3. The summed E-state index contributed by atoms with van der Waals surface area (Å²) >= 11 is 0. The number of nitrogens with two attached hydrogens (primary N) is 1. The molecule has 0 atom stereocenters. The molecule has 1 heterocycles. The Labute approximate surface area is 97.3 Å². The molecule has 4 nitrogen and oxygen atoms in total. The lowest BCUT2D eigenvalue weighted by molar-refractivity contribution is 0.628. The fourth-order valence-electron chi connectivity index (χ4n) is 1.56. The zero-order valence-corrected chi connectivity index (χ0v) is 9.11. The lowest BCUT2D eigenvalue weighted by Crippen LogP contribution is -2.16. The fourth-order valence-corrected chi connectivity index (χ4v) is 1.56. The molecule has 17 heavy (non-hydrogen) atoms. The van der Waals surface area contributed by atoms with E-state index in [-0.39, 0.29) is 11.4 Å². The van der Waals surface area contributed by atoms with Gasteiger partial charge in [0.1, 0.15) is 11.6 Å². The first-order valence-electron chi connectivity index (χ1n) is 5.25. The summed E-state index contributed by atoms with van der Waals surface area (Å²) in [6.07, 6.45) is 1.96. The fraction of sp³-hybridized carbons (Fsp3) is 0.167. The Hall–Kier alpha value is -2.01. The van der Waals surface area contributed by atoms with E-state index in [1.54, 1.807) is 12.1 Å². The van der Waals surface area contributed by atoms with Gasteiger partial charge < -0.3 is 10.7 Å². The third kappa shape index (κ3) is 2.57. The number of nitrogens with one attached hydrogen (secondary N) is 1. The van der Waals surface area contributed by atoms with Gasteiger partial charge >= 0.3 is 0 Å². The van der Waals surface area contributed by atoms with E-state index in [1.807, 2.05) is 0 Å². The molecular formula is C12H12FN3O. The number of hydrogen-bond donors (Lipinski definition) is 2. The summed E-state index contributed by atoms with van der Waals surface area (Å²) in [5, 5.41) is 0. The van der Waals surface area contributed by atoms with Crippen LogP contribution in [0.5, 0.6) is 0 Å². The smallest absolute Gasteiger partial charge is 0.258 e. The Morgan fingerprint density at radius 1 is 1.41 bits per heavy atom. The van der Waals surface area contributed by atoms with E-state index in [1.165, 1.54) is 18.3 Å². The Morgan fingerprint density at radius 2 is 2.24 bits per heavy atom. The molecule has 1 aromatic heterocycles. The molecule has 0 amide bonds. The number of aromatic nitrogens is 2.